The molecule has 0 radical (unpaired) electrons. The molecule has 2 fully saturated rings. The van der Waals surface area contributed by atoms with Crippen molar-refractivity contribution in [2.45, 2.75) is 44.7 Å². The van der Waals surface area contributed by atoms with Crippen molar-refractivity contribution in [2.24, 2.45) is 11.8 Å². The van der Waals surface area contributed by atoms with Crippen LogP contribution in [-0.2, 0) is 14.3 Å². The zero-order valence-electron chi connectivity index (χ0n) is 9.47. The van der Waals surface area contributed by atoms with Gasteiger partial charge in [-0.05, 0) is 38.5 Å². The second kappa shape index (κ2) is 3.08. The van der Waals surface area contributed by atoms with Crippen LogP contribution >= 0.6 is 0 Å². The average molecular weight is 224 g/mol. The minimum atomic E-state index is -0.785. The third-order valence-electron chi connectivity index (χ3n) is 3.90. The fraction of sp³-hybridized carbons (Fsp3) is 0.750. The molecular weight excluding hydrogens is 208 g/mol. The Hall–Kier alpha value is -0.870. The lowest BCUT2D eigenvalue weighted by Crippen LogP contribution is -2.27. The molecule has 4 nitrogen and oxygen atoms in total. The number of hydrogen-bond acceptors (Lipinski definition) is 3. The molecular formula is C12H16O4. The van der Waals surface area contributed by atoms with Crippen LogP contribution in [0.15, 0.2) is 11.6 Å². The second-order valence-corrected chi connectivity index (χ2v) is 5.34. The molecule has 2 aliphatic carbocycles. The Balaban J connectivity index is 1.81. The van der Waals surface area contributed by atoms with Gasteiger partial charge in [0.15, 0.2) is 5.79 Å². The van der Waals surface area contributed by atoms with Crippen molar-refractivity contribution in [3.05, 3.63) is 11.6 Å². The fourth-order valence-corrected chi connectivity index (χ4v) is 3.38. The van der Waals surface area contributed by atoms with Crippen LogP contribution in [-0.4, -0.2) is 29.1 Å². The standard InChI is InChI=1S/C12H16O4/c1-12(2)15-9-5-8-6(10(9)16-12)3-4-7(8)11(13)14/h4,6,8-10H,3,5H2,1-2H3,(H,13,14)/t6-,8-,9+,10-/m1/s1. The third-order valence-corrected chi connectivity index (χ3v) is 3.90. The number of hydrogen-bond donors (Lipinski definition) is 1. The number of allylic oxidation sites excluding steroid dienone is 1. The van der Waals surface area contributed by atoms with Gasteiger partial charge in [-0.25, -0.2) is 4.79 Å². The van der Waals surface area contributed by atoms with Gasteiger partial charge in [-0.1, -0.05) is 6.08 Å². The maximum atomic E-state index is 11.0. The van der Waals surface area contributed by atoms with Gasteiger partial charge in [0.1, 0.15) is 0 Å². The summed E-state index contributed by atoms with van der Waals surface area (Å²) in [5.41, 5.74) is 0.560. The molecule has 1 heterocycles. The molecule has 0 aromatic heterocycles. The van der Waals surface area contributed by atoms with Crippen molar-refractivity contribution in [1.29, 1.82) is 0 Å². The van der Waals surface area contributed by atoms with Gasteiger partial charge in [0.25, 0.3) is 0 Å². The van der Waals surface area contributed by atoms with E-state index in [9.17, 15) is 4.79 Å². The number of fused-ring (bicyclic) bond motifs is 3. The van der Waals surface area contributed by atoms with E-state index >= 15 is 0 Å². The molecule has 4 heteroatoms. The van der Waals surface area contributed by atoms with Gasteiger partial charge in [0, 0.05) is 5.57 Å². The molecule has 1 saturated heterocycles. The number of carbonyl (C=O) groups is 1. The van der Waals surface area contributed by atoms with Gasteiger partial charge in [0.2, 0.25) is 0 Å². The molecule has 3 rings (SSSR count). The summed E-state index contributed by atoms with van der Waals surface area (Å²) in [6.45, 7) is 3.83. The molecule has 0 bridgehead atoms. The van der Waals surface area contributed by atoms with E-state index in [1.807, 2.05) is 19.9 Å². The van der Waals surface area contributed by atoms with Crippen LogP contribution in [0, 0.1) is 11.8 Å². The lowest BCUT2D eigenvalue weighted by Gasteiger charge is -2.22. The Morgan fingerprint density at radius 1 is 1.50 bits per heavy atom. The van der Waals surface area contributed by atoms with Gasteiger partial charge in [-0.15, -0.1) is 0 Å². The predicted molar refractivity (Wildman–Crippen MR) is 55.8 cm³/mol. The van der Waals surface area contributed by atoms with Gasteiger partial charge >= 0.3 is 5.97 Å². The molecule has 16 heavy (non-hydrogen) atoms. The first kappa shape index (κ1) is 10.3. The first-order chi connectivity index (χ1) is 7.48. The van der Waals surface area contributed by atoms with Gasteiger partial charge in [-0.3, -0.25) is 0 Å². The summed E-state index contributed by atoms with van der Waals surface area (Å²) in [4.78, 5) is 11.0. The van der Waals surface area contributed by atoms with Gasteiger partial charge in [-0.2, -0.15) is 0 Å². The van der Waals surface area contributed by atoms with Crippen LogP contribution in [0.3, 0.4) is 0 Å². The summed E-state index contributed by atoms with van der Waals surface area (Å²) >= 11 is 0. The summed E-state index contributed by atoms with van der Waals surface area (Å²) < 4.78 is 11.7. The number of aliphatic carboxylic acids is 1. The van der Waals surface area contributed by atoms with Crippen LogP contribution in [0.5, 0.6) is 0 Å². The molecule has 0 aromatic carbocycles. The monoisotopic (exact) mass is 224 g/mol. The van der Waals surface area contributed by atoms with E-state index in [0.29, 0.717) is 11.5 Å². The Morgan fingerprint density at radius 2 is 2.25 bits per heavy atom. The van der Waals surface area contributed by atoms with E-state index < -0.39 is 11.8 Å². The maximum absolute atomic E-state index is 11.0. The highest BCUT2D eigenvalue weighted by molar-refractivity contribution is 5.88. The molecule has 1 saturated carbocycles. The minimum absolute atomic E-state index is 0.0769. The normalized spacial score (nSPS) is 44.0. The van der Waals surface area contributed by atoms with Crippen molar-refractivity contribution in [1.82, 2.24) is 0 Å². The number of ether oxygens (including phenoxy) is 2. The zero-order valence-corrected chi connectivity index (χ0v) is 9.47. The Morgan fingerprint density at radius 3 is 2.94 bits per heavy atom. The SMILES string of the molecule is CC1(C)O[C@@H]2[C@@H]3CC=C(C(=O)O)[C@@H]3C[C@@H]2O1. The summed E-state index contributed by atoms with van der Waals surface area (Å²) in [5.74, 6) is -0.861. The highest BCUT2D eigenvalue weighted by Crippen LogP contribution is 2.51. The van der Waals surface area contributed by atoms with Gasteiger partial charge < -0.3 is 14.6 Å². The van der Waals surface area contributed by atoms with Crippen molar-refractivity contribution in [2.75, 3.05) is 0 Å². The fourth-order valence-electron chi connectivity index (χ4n) is 3.38. The van der Waals surface area contributed by atoms with E-state index in [4.69, 9.17) is 14.6 Å². The van der Waals surface area contributed by atoms with E-state index in [1.54, 1.807) is 0 Å². The van der Waals surface area contributed by atoms with Crippen LogP contribution in [0.25, 0.3) is 0 Å². The Bertz CT molecular complexity index is 371. The quantitative estimate of drug-likeness (QED) is 0.734. The third kappa shape index (κ3) is 1.33. The summed E-state index contributed by atoms with van der Waals surface area (Å²) in [5, 5.41) is 9.08. The van der Waals surface area contributed by atoms with Crippen LogP contribution in [0.1, 0.15) is 26.7 Å². The molecule has 88 valence electrons. The van der Waals surface area contributed by atoms with E-state index in [1.165, 1.54) is 0 Å². The van der Waals surface area contributed by atoms with E-state index in [2.05, 4.69) is 0 Å². The second-order valence-electron chi connectivity index (χ2n) is 5.34. The minimum Gasteiger partial charge on any atom is -0.478 e. The van der Waals surface area contributed by atoms with Crippen molar-refractivity contribution >= 4 is 5.97 Å². The Kier molecular flexibility index (Phi) is 1.98. The molecule has 3 aliphatic rings. The molecule has 1 aliphatic heterocycles. The highest BCUT2D eigenvalue weighted by atomic mass is 16.8. The van der Waals surface area contributed by atoms with Crippen LogP contribution in [0.2, 0.25) is 0 Å². The molecule has 0 spiro atoms. The van der Waals surface area contributed by atoms with Crippen LogP contribution in [0.4, 0.5) is 0 Å². The lowest BCUT2D eigenvalue weighted by atomic mass is 9.94. The average Bonchev–Trinajstić information content (AvgIpc) is 2.72. The first-order valence-electron chi connectivity index (χ1n) is 5.77. The largest absolute Gasteiger partial charge is 0.478 e. The number of carboxylic acids is 1. The number of rotatable bonds is 1. The van der Waals surface area contributed by atoms with Crippen LogP contribution < -0.4 is 0 Å². The summed E-state index contributed by atoms with van der Waals surface area (Å²) in [6, 6.07) is 0. The smallest absolute Gasteiger partial charge is 0.331 e. The molecule has 0 unspecified atom stereocenters. The molecule has 1 N–H and O–H groups in total. The molecule has 0 aromatic rings. The topological polar surface area (TPSA) is 55.8 Å². The summed E-state index contributed by atoms with van der Waals surface area (Å²) in [6.07, 6.45) is 3.60. The summed E-state index contributed by atoms with van der Waals surface area (Å²) in [7, 11) is 0. The zero-order chi connectivity index (χ0) is 11.5. The van der Waals surface area contributed by atoms with E-state index in [-0.39, 0.29) is 18.1 Å². The number of carboxylic acid groups (broad SMARTS) is 1. The first-order valence-corrected chi connectivity index (χ1v) is 5.77. The van der Waals surface area contributed by atoms with Crippen molar-refractivity contribution in [3.63, 3.8) is 0 Å². The molecule has 4 atom stereocenters. The van der Waals surface area contributed by atoms with Gasteiger partial charge in [0.05, 0.1) is 12.2 Å². The maximum Gasteiger partial charge on any atom is 0.331 e. The van der Waals surface area contributed by atoms with Crippen molar-refractivity contribution < 1.29 is 19.4 Å². The lowest BCUT2D eigenvalue weighted by molar-refractivity contribution is -0.158. The molecule has 0 amide bonds. The predicted octanol–water partition coefficient (Wildman–Crippen LogP) is 1.56. The highest BCUT2D eigenvalue weighted by Gasteiger charge is 2.55. The Labute approximate surface area is 94.2 Å². The van der Waals surface area contributed by atoms with E-state index in [0.717, 1.165) is 12.8 Å². The van der Waals surface area contributed by atoms with Crippen molar-refractivity contribution in [3.8, 4) is 0 Å².